The lowest BCUT2D eigenvalue weighted by molar-refractivity contribution is -0.142. The van der Waals surface area contributed by atoms with Gasteiger partial charge in [0.05, 0.1) is 13.0 Å². The number of carbonyl (C=O) groups is 2. The lowest BCUT2D eigenvalue weighted by Crippen LogP contribution is -2.41. The van der Waals surface area contributed by atoms with Crippen molar-refractivity contribution in [3.8, 4) is 11.8 Å². The highest BCUT2D eigenvalue weighted by Gasteiger charge is 2.35. The van der Waals surface area contributed by atoms with E-state index in [4.69, 9.17) is 9.47 Å². The molecule has 1 N–H and O–H groups in total. The highest BCUT2D eigenvalue weighted by Crippen LogP contribution is 2.32. The Labute approximate surface area is 255 Å². The molecule has 0 radical (unpaired) electrons. The zero-order valence-electron chi connectivity index (χ0n) is 25.3. The van der Waals surface area contributed by atoms with Crippen molar-refractivity contribution in [1.29, 1.82) is 0 Å². The summed E-state index contributed by atoms with van der Waals surface area (Å²) in [6.45, 7) is 8.34. The van der Waals surface area contributed by atoms with Crippen LogP contribution >= 0.6 is 0 Å². The summed E-state index contributed by atoms with van der Waals surface area (Å²) in [7, 11) is 1.27. The Balaban J connectivity index is 1.49. The van der Waals surface area contributed by atoms with Gasteiger partial charge in [-0.05, 0) is 81.7 Å². The Bertz CT molecular complexity index is 1550. The van der Waals surface area contributed by atoms with Crippen molar-refractivity contribution in [2.45, 2.75) is 64.1 Å². The van der Waals surface area contributed by atoms with Crippen LogP contribution in [0, 0.1) is 11.8 Å². The first-order valence-electron chi connectivity index (χ1n) is 14.2. The van der Waals surface area contributed by atoms with Crippen molar-refractivity contribution in [2.24, 2.45) is 0 Å². The van der Waals surface area contributed by atoms with Gasteiger partial charge in [-0.1, -0.05) is 36.3 Å². The minimum Gasteiger partial charge on any atom is -0.469 e. The Kier molecular flexibility index (Phi) is 9.82. The Morgan fingerprint density at radius 3 is 2.30 bits per heavy atom. The third kappa shape index (κ3) is 8.28. The molecule has 1 amide bonds. The van der Waals surface area contributed by atoms with Crippen LogP contribution in [0.4, 0.5) is 29.6 Å². The van der Waals surface area contributed by atoms with Crippen LogP contribution < -0.4 is 5.32 Å². The number of nitrogens with one attached hydrogen (secondary N) is 1. The summed E-state index contributed by atoms with van der Waals surface area (Å²) in [5.74, 6) is 4.36. The van der Waals surface area contributed by atoms with Crippen molar-refractivity contribution in [3.05, 3.63) is 82.7 Å². The number of piperidine rings is 1. The lowest BCUT2D eigenvalue weighted by Gasteiger charge is -2.33. The summed E-state index contributed by atoms with van der Waals surface area (Å²) in [6.07, 6.45) is -2.75. The minimum atomic E-state index is -4.72. The summed E-state index contributed by atoms with van der Waals surface area (Å²) in [6, 6.07) is 14.2. The van der Waals surface area contributed by atoms with Gasteiger partial charge < -0.3 is 19.7 Å². The normalized spacial score (nSPS) is 14.7. The zero-order valence-corrected chi connectivity index (χ0v) is 25.3. The topological polar surface area (TPSA) is 93.7 Å². The van der Waals surface area contributed by atoms with Gasteiger partial charge in [-0.15, -0.1) is 0 Å². The molecule has 1 atom stereocenters. The minimum absolute atomic E-state index is 0.0445. The molecule has 0 aliphatic carbocycles. The van der Waals surface area contributed by atoms with Crippen LogP contribution in [0.5, 0.6) is 0 Å². The molecule has 2 heterocycles. The number of methoxy groups -OCH3 is 1. The van der Waals surface area contributed by atoms with E-state index < -0.39 is 34.9 Å². The molecular formula is C33H35F3N4O4. The largest absolute Gasteiger partial charge is 0.469 e. The number of benzene rings is 2. The summed E-state index contributed by atoms with van der Waals surface area (Å²) >= 11 is 0. The molecule has 1 aliphatic heterocycles. The van der Waals surface area contributed by atoms with Crippen LogP contribution in [0.2, 0.25) is 0 Å². The van der Waals surface area contributed by atoms with Crippen molar-refractivity contribution in [3.63, 3.8) is 0 Å². The lowest BCUT2D eigenvalue weighted by atomic mass is 9.89. The van der Waals surface area contributed by atoms with E-state index in [-0.39, 0.29) is 18.0 Å². The van der Waals surface area contributed by atoms with Gasteiger partial charge in [0.2, 0.25) is 5.95 Å². The van der Waals surface area contributed by atoms with E-state index in [1.807, 2.05) is 45.0 Å². The van der Waals surface area contributed by atoms with E-state index in [1.165, 1.54) is 7.11 Å². The van der Waals surface area contributed by atoms with E-state index in [0.717, 1.165) is 18.4 Å². The van der Waals surface area contributed by atoms with E-state index in [1.54, 1.807) is 36.1 Å². The molecule has 2 aromatic carbocycles. The fourth-order valence-electron chi connectivity index (χ4n) is 4.85. The first-order valence-corrected chi connectivity index (χ1v) is 14.2. The van der Waals surface area contributed by atoms with E-state index in [0.29, 0.717) is 36.1 Å². The number of aromatic nitrogens is 2. The average molecular weight is 609 g/mol. The maximum atomic E-state index is 13.8. The second-order valence-corrected chi connectivity index (χ2v) is 11.5. The number of nitrogens with zero attached hydrogens (tertiary/aromatic N) is 3. The quantitative estimate of drug-likeness (QED) is 0.246. The second-order valence-electron chi connectivity index (χ2n) is 11.5. The summed E-state index contributed by atoms with van der Waals surface area (Å²) < 4.78 is 51.7. The van der Waals surface area contributed by atoms with E-state index in [2.05, 4.69) is 27.1 Å². The van der Waals surface area contributed by atoms with Crippen LogP contribution in [-0.2, 0) is 20.4 Å². The van der Waals surface area contributed by atoms with Crippen molar-refractivity contribution in [1.82, 2.24) is 14.9 Å². The zero-order chi connectivity index (χ0) is 32.1. The first-order chi connectivity index (χ1) is 20.7. The monoisotopic (exact) mass is 608 g/mol. The van der Waals surface area contributed by atoms with Gasteiger partial charge in [0.15, 0.2) is 0 Å². The molecule has 1 aromatic heterocycles. The SMILES string of the molecule is COC(=O)C(C)c1ccccc1C#Cc1nc(Nc2ccc(C3CCN(C(=O)OC(C)(C)C)CC3)cc2)ncc1C(F)(F)F. The highest BCUT2D eigenvalue weighted by molar-refractivity contribution is 5.78. The smallest absolute Gasteiger partial charge is 0.420 e. The van der Waals surface area contributed by atoms with Crippen LogP contribution in [0.25, 0.3) is 0 Å². The van der Waals surface area contributed by atoms with E-state index >= 15 is 0 Å². The number of likely N-dealkylation sites (tertiary alicyclic amines) is 1. The summed E-state index contributed by atoms with van der Waals surface area (Å²) in [4.78, 5) is 34.1. The average Bonchev–Trinajstić information content (AvgIpc) is 2.98. The molecule has 11 heteroatoms. The number of alkyl halides is 3. The van der Waals surface area contributed by atoms with Crippen LogP contribution in [0.1, 0.15) is 80.3 Å². The van der Waals surface area contributed by atoms with E-state index in [9.17, 15) is 22.8 Å². The molecule has 44 heavy (non-hydrogen) atoms. The molecule has 232 valence electrons. The van der Waals surface area contributed by atoms with Crippen molar-refractivity contribution in [2.75, 3.05) is 25.5 Å². The Hall–Kier alpha value is -4.59. The number of ether oxygens (including phenoxy) is 2. The summed E-state index contributed by atoms with van der Waals surface area (Å²) in [5, 5.41) is 2.96. The molecular weight excluding hydrogens is 573 g/mol. The fraction of sp³-hybridized carbons (Fsp3) is 0.394. The van der Waals surface area contributed by atoms with Crippen LogP contribution in [0.3, 0.4) is 0 Å². The van der Waals surface area contributed by atoms with Crippen molar-refractivity contribution >= 4 is 23.7 Å². The molecule has 0 spiro atoms. The number of halogens is 3. The van der Waals surface area contributed by atoms with Crippen LogP contribution in [-0.4, -0.2) is 52.7 Å². The molecule has 8 nitrogen and oxygen atoms in total. The van der Waals surface area contributed by atoms with Gasteiger partial charge in [0, 0.05) is 30.5 Å². The van der Waals surface area contributed by atoms with Gasteiger partial charge in [-0.2, -0.15) is 13.2 Å². The van der Waals surface area contributed by atoms with Gasteiger partial charge in [0.1, 0.15) is 16.9 Å². The Morgan fingerprint density at radius 1 is 1.02 bits per heavy atom. The van der Waals surface area contributed by atoms with Crippen molar-refractivity contribution < 1.29 is 32.2 Å². The molecule has 4 rings (SSSR count). The predicted octanol–water partition coefficient (Wildman–Crippen LogP) is 7.03. The van der Waals surface area contributed by atoms with Gasteiger partial charge in [-0.25, -0.2) is 14.8 Å². The van der Waals surface area contributed by atoms with Gasteiger partial charge in [-0.3, -0.25) is 4.79 Å². The maximum absolute atomic E-state index is 13.8. The molecule has 1 fully saturated rings. The molecule has 1 saturated heterocycles. The highest BCUT2D eigenvalue weighted by atomic mass is 19.4. The predicted molar refractivity (Wildman–Crippen MR) is 159 cm³/mol. The first kappa shape index (κ1) is 32.3. The molecule has 1 unspecified atom stereocenters. The fourth-order valence-corrected chi connectivity index (χ4v) is 4.85. The van der Waals surface area contributed by atoms with Crippen LogP contribution in [0.15, 0.2) is 54.7 Å². The number of anilines is 2. The maximum Gasteiger partial charge on any atom is 0.420 e. The van der Waals surface area contributed by atoms with Gasteiger partial charge in [0.25, 0.3) is 0 Å². The third-order valence-electron chi connectivity index (χ3n) is 7.18. The third-order valence-corrected chi connectivity index (χ3v) is 7.18. The second kappa shape index (κ2) is 13.4. The molecule has 1 aliphatic rings. The number of hydrogen-bond acceptors (Lipinski definition) is 7. The molecule has 0 bridgehead atoms. The number of amides is 1. The molecule has 3 aromatic rings. The van der Waals surface area contributed by atoms with Gasteiger partial charge >= 0.3 is 18.2 Å². The number of carbonyl (C=O) groups excluding carboxylic acids is 2. The number of hydrogen-bond donors (Lipinski definition) is 1. The standard InChI is InChI=1S/C33H35F3N4O4/c1-21(29(41)43-5)26-9-7-6-8-24(26)12-15-28-27(33(34,35)36)20-37-30(39-28)38-25-13-10-22(11-14-25)23-16-18-40(19-17-23)31(42)44-32(2,3)4/h6-11,13-14,20-21,23H,16-19H2,1-5H3,(H,37,38,39). The summed E-state index contributed by atoms with van der Waals surface area (Å²) in [5.41, 5.74) is 0.500. The number of rotatable bonds is 5. The molecule has 0 saturated carbocycles. The Morgan fingerprint density at radius 2 is 1.68 bits per heavy atom. The number of esters is 1.